The highest BCUT2D eigenvalue weighted by atomic mass is 16.5. The molecule has 88 valence electrons. The van der Waals surface area contributed by atoms with Crippen LogP contribution in [-0.2, 0) is 0 Å². The van der Waals surface area contributed by atoms with Gasteiger partial charge in [0, 0.05) is 17.8 Å². The number of anilines is 1. The Hall–Kier alpha value is -1.18. The van der Waals surface area contributed by atoms with Crippen LogP contribution in [0.1, 0.15) is 31.7 Å². The van der Waals surface area contributed by atoms with Crippen LogP contribution in [0.15, 0.2) is 18.2 Å². The number of hydrogen-bond donors (Lipinski definition) is 1. The molecule has 2 rings (SSSR count). The van der Waals surface area contributed by atoms with E-state index in [4.69, 9.17) is 4.74 Å². The van der Waals surface area contributed by atoms with Gasteiger partial charge in [-0.05, 0) is 43.7 Å². The third-order valence-electron chi connectivity index (χ3n) is 3.50. The Labute approximate surface area is 98.0 Å². The number of rotatable bonds is 3. The van der Waals surface area contributed by atoms with Crippen molar-refractivity contribution in [2.45, 2.75) is 39.2 Å². The van der Waals surface area contributed by atoms with Crippen LogP contribution in [0.4, 0.5) is 5.69 Å². The second kappa shape index (κ2) is 4.77. The van der Waals surface area contributed by atoms with E-state index < -0.39 is 0 Å². The first-order chi connectivity index (χ1) is 7.69. The summed E-state index contributed by atoms with van der Waals surface area (Å²) < 4.78 is 5.26. The smallest absolute Gasteiger partial charge is 0.120 e. The van der Waals surface area contributed by atoms with Gasteiger partial charge < -0.3 is 10.1 Å². The van der Waals surface area contributed by atoms with Crippen molar-refractivity contribution in [3.8, 4) is 5.75 Å². The summed E-state index contributed by atoms with van der Waals surface area (Å²) in [5.41, 5.74) is 2.51. The quantitative estimate of drug-likeness (QED) is 0.838. The lowest BCUT2D eigenvalue weighted by Crippen LogP contribution is -2.16. The monoisotopic (exact) mass is 219 g/mol. The van der Waals surface area contributed by atoms with Gasteiger partial charge in [-0.25, -0.2) is 0 Å². The summed E-state index contributed by atoms with van der Waals surface area (Å²) in [4.78, 5) is 0. The molecular formula is C14H21NO. The predicted octanol–water partition coefficient (Wildman–Crippen LogP) is 3.60. The van der Waals surface area contributed by atoms with Gasteiger partial charge in [0.1, 0.15) is 5.75 Å². The maximum atomic E-state index is 5.26. The van der Waals surface area contributed by atoms with Crippen LogP contribution in [0.3, 0.4) is 0 Å². The highest BCUT2D eigenvalue weighted by molar-refractivity contribution is 5.55. The van der Waals surface area contributed by atoms with E-state index in [9.17, 15) is 0 Å². The Bertz CT molecular complexity index is 362. The highest BCUT2D eigenvalue weighted by Crippen LogP contribution is 2.29. The van der Waals surface area contributed by atoms with Crippen LogP contribution in [0.5, 0.6) is 5.75 Å². The fourth-order valence-electron chi connectivity index (χ4n) is 2.44. The summed E-state index contributed by atoms with van der Waals surface area (Å²) in [6, 6.07) is 6.86. The topological polar surface area (TPSA) is 21.3 Å². The lowest BCUT2D eigenvalue weighted by molar-refractivity contribution is 0.415. The first-order valence-corrected chi connectivity index (χ1v) is 6.10. The molecule has 1 aromatic rings. The van der Waals surface area contributed by atoms with E-state index in [0.717, 1.165) is 11.7 Å². The fourth-order valence-corrected chi connectivity index (χ4v) is 2.44. The van der Waals surface area contributed by atoms with E-state index in [-0.39, 0.29) is 0 Å². The van der Waals surface area contributed by atoms with E-state index in [0.29, 0.717) is 6.04 Å². The molecule has 0 bridgehead atoms. The maximum Gasteiger partial charge on any atom is 0.120 e. The van der Waals surface area contributed by atoms with Crippen LogP contribution in [0, 0.1) is 12.8 Å². The Kier molecular flexibility index (Phi) is 3.37. The van der Waals surface area contributed by atoms with Gasteiger partial charge in [-0.2, -0.15) is 0 Å². The molecule has 1 aromatic carbocycles. The summed E-state index contributed by atoms with van der Waals surface area (Å²) in [6.07, 6.45) is 3.93. The second-order valence-electron chi connectivity index (χ2n) is 4.94. The molecule has 0 saturated heterocycles. The standard InChI is InChI=1S/C14H21NO/c1-10-4-6-12(8-10)15-14-9-13(16-3)7-5-11(14)2/h5,7,9-10,12,15H,4,6,8H2,1-3H3. The Morgan fingerprint density at radius 1 is 1.31 bits per heavy atom. The number of nitrogens with one attached hydrogen (secondary N) is 1. The summed E-state index contributed by atoms with van der Waals surface area (Å²) in [5, 5.41) is 3.63. The van der Waals surface area contributed by atoms with Gasteiger partial charge in [0.2, 0.25) is 0 Å². The van der Waals surface area contributed by atoms with Crippen molar-refractivity contribution in [1.82, 2.24) is 0 Å². The molecule has 0 amide bonds. The average Bonchev–Trinajstić information content (AvgIpc) is 2.67. The van der Waals surface area contributed by atoms with Crippen molar-refractivity contribution in [2.24, 2.45) is 5.92 Å². The average molecular weight is 219 g/mol. The van der Waals surface area contributed by atoms with E-state index in [2.05, 4.69) is 31.3 Å². The minimum absolute atomic E-state index is 0.640. The summed E-state index contributed by atoms with van der Waals surface area (Å²) >= 11 is 0. The molecule has 2 heteroatoms. The lowest BCUT2D eigenvalue weighted by Gasteiger charge is -2.16. The van der Waals surface area contributed by atoms with Crippen molar-refractivity contribution in [1.29, 1.82) is 0 Å². The van der Waals surface area contributed by atoms with Crippen LogP contribution < -0.4 is 10.1 Å². The molecule has 1 N–H and O–H groups in total. The number of hydrogen-bond acceptors (Lipinski definition) is 2. The summed E-state index contributed by atoms with van der Waals surface area (Å²) in [7, 11) is 1.71. The number of aryl methyl sites for hydroxylation is 1. The van der Waals surface area contributed by atoms with E-state index in [1.54, 1.807) is 7.11 Å². The minimum Gasteiger partial charge on any atom is -0.497 e. The summed E-state index contributed by atoms with van der Waals surface area (Å²) in [6.45, 7) is 4.47. The zero-order valence-electron chi connectivity index (χ0n) is 10.4. The Morgan fingerprint density at radius 3 is 2.75 bits per heavy atom. The molecule has 0 radical (unpaired) electrons. The number of methoxy groups -OCH3 is 1. The van der Waals surface area contributed by atoms with Crippen molar-refractivity contribution in [2.75, 3.05) is 12.4 Å². The molecule has 16 heavy (non-hydrogen) atoms. The van der Waals surface area contributed by atoms with Gasteiger partial charge in [0.15, 0.2) is 0 Å². The van der Waals surface area contributed by atoms with Gasteiger partial charge in [-0.1, -0.05) is 13.0 Å². The van der Waals surface area contributed by atoms with Gasteiger partial charge in [-0.3, -0.25) is 0 Å². The predicted molar refractivity (Wildman–Crippen MR) is 68.2 cm³/mol. The zero-order valence-corrected chi connectivity index (χ0v) is 10.4. The SMILES string of the molecule is COc1ccc(C)c(NC2CCC(C)C2)c1. The largest absolute Gasteiger partial charge is 0.497 e. The fraction of sp³-hybridized carbons (Fsp3) is 0.571. The van der Waals surface area contributed by atoms with Crippen molar-refractivity contribution in [3.05, 3.63) is 23.8 Å². The molecule has 1 fully saturated rings. The highest BCUT2D eigenvalue weighted by Gasteiger charge is 2.21. The zero-order chi connectivity index (χ0) is 11.5. The first kappa shape index (κ1) is 11.3. The van der Waals surface area contributed by atoms with Crippen molar-refractivity contribution >= 4 is 5.69 Å². The molecule has 0 spiro atoms. The van der Waals surface area contributed by atoms with Crippen LogP contribution >= 0.6 is 0 Å². The van der Waals surface area contributed by atoms with Crippen LogP contribution in [0.25, 0.3) is 0 Å². The van der Waals surface area contributed by atoms with Crippen molar-refractivity contribution < 1.29 is 4.74 Å². The molecule has 0 heterocycles. The van der Waals surface area contributed by atoms with Crippen LogP contribution in [-0.4, -0.2) is 13.2 Å². The van der Waals surface area contributed by atoms with E-state index in [1.165, 1.54) is 30.5 Å². The van der Waals surface area contributed by atoms with Gasteiger partial charge in [-0.15, -0.1) is 0 Å². The molecule has 1 aliphatic carbocycles. The molecule has 2 unspecified atom stereocenters. The Morgan fingerprint density at radius 2 is 2.12 bits per heavy atom. The normalized spacial score (nSPS) is 24.4. The molecule has 1 aliphatic rings. The van der Waals surface area contributed by atoms with Crippen molar-refractivity contribution in [3.63, 3.8) is 0 Å². The first-order valence-electron chi connectivity index (χ1n) is 6.10. The Balaban J connectivity index is 2.08. The maximum absolute atomic E-state index is 5.26. The van der Waals surface area contributed by atoms with Gasteiger partial charge >= 0.3 is 0 Å². The van der Waals surface area contributed by atoms with E-state index in [1.807, 2.05) is 6.07 Å². The molecular weight excluding hydrogens is 198 g/mol. The van der Waals surface area contributed by atoms with Gasteiger partial charge in [0.25, 0.3) is 0 Å². The third-order valence-corrected chi connectivity index (χ3v) is 3.50. The number of benzene rings is 1. The summed E-state index contributed by atoms with van der Waals surface area (Å²) in [5.74, 6) is 1.79. The van der Waals surface area contributed by atoms with Crippen LogP contribution in [0.2, 0.25) is 0 Å². The molecule has 2 atom stereocenters. The molecule has 1 saturated carbocycles. The minimum atomic E-state index is 0.640. The van der Waals surface area contributed by atoms with Gasteiger partial charge in [0.05, 0.1) is 7.11 Å². The number of ether oxygens (including phenoxy) is 1. The lowest BCUT2D eigenvalue weighted by atomic mass is 10.1. The second-order valence-corrected chi connectivity index (χ2v) is 4.94. The van der Waals surface area contributed by atoms with E-state index >= 15 is 0 Å². The third kappa shape index (κ3) is 2.49. The molecule has 2 nitrogen and oxygen atoms in total. The molecule has 0 aromatic heterocycles. The molecule has 0 aliphatic heterocycles.